The average molecular weight is 227 g/mol. The van der Waals surface area contributed by atoms with E-state index >= 15 is 0 Å². The molecule has 0 saturated carbocycles. The van der Waals surface area contributed by atoms with Gasteiger partial charge in [-0.3, -0.25) is 4.79 Å². The monoisotopic (exact) mass is 227 g/mol. The van der Waals surface area contributed by atoms with E-state index in [9.17, 15) is 4.79 Å². The number of rotatable bonds is 12. The highest BCUT2D eigenvalue weighted by atomic mass is 16.4. The number of aliphatic carboxylic acids is 1. The minimum absolute atomic E-state index is 0.328. The van der Waals surface area contributed by atoms with Crippen molar-refractivity contribution in [2.75, 3.05) is 6.54 Å². The Morgan fingerprint density at radius 2 is 1.31 bits per heavy atom. The Balaban J connectivity index is 2.93. The van der Waals surface area contributed by atoms with Crippen molar-refractivity contribution in [3.8, 4) is 0 Å². The lowest BCUT2D eigenvalue weighted by Crippen LogP contribution is -1.93. The third-order valence-electron chi connectivity index (χ3n) is 2.71. The second-order valence-corrected chi connectivity index (χ2v) is 4.27. The molecule has 16 heavy (non-hydrogen) atoms. The van der Waals surface area contributed by atoms with Gasteiger partial charge < -0.3 is 10.1 Å². The number of carboxylic acid groups (broad SMARTS) is 1. The SMILES string of the molecule is C=NCCCCCCCCCCCC(=O)O. The van der Waals surface area contributed by atoms with Gasteiger partial charge in [-0.2, -0.15) is 0 Å². The van der Waals surface area contributed by atoms with Crippen LogP contribution in [0.2, 0.25) is 0 Å². The molecule has 0 rings (SSSR count). The van der Waals surface area contributed by atoms with Crippen molar-refractivity contribution in [2.45, 2.75) is 64.2 Å². The fraction of sp³-hybridized carbons (Fsp3) is 0.846. The highest BCUT2D eigenvalue weighted by molar-refractivity contribution is 5.66. The third-order valence-corrected chi connectivity index (χ3v) is 2.71. The molecule has 0 amide bonds. The van der Waals surface area contributed by atoms with Gasteiger partial charge in [-0.1, -0.05) is 44.9 Å². The zero-order chi connectivity index (χ0) is 12.1. The van der Waals surface area contributed by atoms with E-state index < -0.39 is 5.97 Å². The quantitative estimate of drug-likeness (QED) is 0.408. The van der Waals surface area contributed by atoms with Crippen LogP contribution < -0.4 is 0 Å². The van der Waals surface area contributed by atoms with E-state index in [0.717, 1.165) is 19.4 Å². The molecule has 0 fully saturated rings. The van der Waals surface area contributed by atoms with Crippen molar-refractivity contribution in [1.29, 1.82) is 0 Å². The minimum atomic E-state index is -0.671. The van der Waals surface area contributed by atoms with Crippen LogP contribution >= 0.6 is 0 Å². The largest absolute Gasteiger partial charge is 0.481 e. The van der Waals surface area contributed by atoms with Crippen molar-refractivity contribution in [1.82, 2.24) is 0 Å². The van der Waals surface area contributed by atoms with Gasteiger partial charge in [0.1, 0.15) is 0 Å². The normalized spacial score (nSPS) is 10.2. The average Bonchev–Trinajstić information content (AvgIpc) is 2.25. The molecule has 3 heteroatoms. The van der Waals surface area contributed by atoms with Gasteiger partial charge in [-0.05, 0) is 19.6 Å². The summed E-state index contributed by atoms with van der Waals surface area (Å²) < 4.78 is 0. The predicted octanol–water partition coefficient (Wildman–Crippen LogP) is 3.67. The standard InChI is InChI=1S/C13H25NO2/c1-14-12-10-8-6-4-2-3-5-7-9-11-13(15)16/h1-12H2,(H,15,16). The van der Waals surface area contributed by atoms with Crippen molar-refractivity contribution < 1.29 is 9.90 Å². The second kappa shape index (κ2) is 12.2. The van der Waals surface area contributed by atoms with Crippen LogP contribution in [0.15, 0.2) is 4.99 Å². The number of carbonyl (C=O) groups is 1. The molecular formula is C13H25NO2. The Morgan fingerprint density at radius 3 is 1.75 bits per heavy atom. The Kier molecular flexibility index (Phi) is 11.6. The van der Waals surface area contributed by atoms with E-state index in [1.165, 1.54) is 44.9 Å². The van der Waals surface area contributed by atoms with Gasteiger partial charge in [-0.25, -0.2) is 0 Å². The van der Waals surface area contributed by atoms with Gasteiger partial charge in [0.05, 0.1) is 0 Å². The summed E-state index contributed by atoms with van der Waals surface area (Å²) in [5.41, 5.74) is 0. The first kappa shape index (κ1) is 15.1. The Hall–Kier alpha value is -0.860. The summed E-state index contributed by atoms with van der Waals surface area (Å²) in [7, 11) is 0. The molecule has 0 aliphatic carbocycles. The summed E-state index contributed by atoms with van der Waals surface area (Å²) in [6, 6.07) is 0. The number of carboxylic acids is 1. The summed E-state index contributed by atoms with van der Waals surface area (Å²) >= 11 is 0. The fourth-order valence-electron chi connectivity index (χ4n) is 1.74. The summed E-state index contributed by atoms with van der Waals surface area (Å²) in [6.07, 6.45) is 11.0. The van der Waals surface area contributed by atoms with Crippen LogP contribution in [0.5, 0.6) is 0 Å². The van der Waals surface area contributed by atoms with E-state index in [-0.39, 0.29) is 0 Å². The molecule has 0 spiro atoms. The molecule has 94 valence electrons. The van der Waals surface area contributed by atoms with E-state index in [4.69, 9.17) is 5.11 Å². The molecule has 0 radical (unpaired) electrons. The van der Waals surface area contributed by atoms with Crippen LogP contribution in [0.1, 0.15) is 64.2 Å². The van der Waals surface area contributed by atoms with Gasteiger partial charge in [0, 0.05) is 13.0 Å². The van der Waals surface area contributed by atoms with Gasteiger partial charge in [-0.15, -0.1) is 0 Å². The van der Waals surface area contributed by atoms with Gasteiger partial charge >= 0.3 is 5.97 Å². The van der Waals surface area contributed by atoms with E-state index in [2.05, 4.69) is 11.7 Å². The Labute approximate surface area is 99.0 Å². The summed E-state index contributed by atoms with van der Waals surface area (Å²) in [4.78, 5) is 14.1. The lowest BCUT2D eigenvalue weighted by molar-refractivity contribution is -0.137. The van der Waals surface area contributed by atoms with Crippen molar-refractivity contribution >= 4 is 12.7 Å². The van der Waals surface area contributed by atoms with Crippen LogP contribution in [0.3, 0.4) is 0 Å². The zero-order valence-corrected chi connectivity index (χ0v) is 10.3. The Bertz CT molecular complexity index is 181. The van der Waals surface area contributed by atoms with Gasteiger partial charge in [0.15, 0.2) is 0 Å². The van der Waals surface area contributed by atoms with Gasteiger partial charge in [0.2, 0.25) is 0 Å². The lowest BCUT2D eigenvalue weighted by Gasteiger charge is -2.01. The predicted molar refractivity (Wildman–Crippen MR) is 68.2 cm³/mol. The van der Waals surface area contributed by atoms with Crippen LogP contribution in [0.25, 0.3) is 0 Å². The van der Waals surface area contributed by atoms with Crippen molar-refractivity contribution in [3.63, 3.8) is 0 Å². The van der Waals surface area contributed by atoms with Crippen LogP contribution in [0, 0.1) is 0 Å². The van der Waals surface area contributed by atoms with Crippen LogP contribution in [-0.2, 0) is 4.79 Å². The molecule has 0 heterocycles. The summed E-state index contributed by atoms with van der Waals surface area (Å²) in [6.45, 7) is 4.36. The number of unbranched alkanes of at least 4 members (excludes halogenated alkanes) is 8. The summed E-state index contributed by atoms with van der Waals surface area (Å²) in [5.74, 6) is -0.671. The number of nitrogens with zero attached hydrogens (tertiary/aromatic N) is 1. The molecule has 0 aromatic rings. The first-order valence-corrected chi connectivity index (χ1v) is 6.41. The summed E-state index contributed by atoms with van der Waals surface area (Å²) in [5, 5.41) is 8.44. The van der Waals surface area contributed by atoms with Crippen LogP contribution in [-0.4, -0.2) is 24.3 Å². The lowest BCUT2D eigenvalue weighted by atomic mass is 10.1. The maximum absolute atomic E-state index is 10.2. The molecule has 0 bridgehead atoms. The molecule has 0 unspecified atom stereocenters. The second-order valence-electron chi connectivity index (χ2n) is 4.27. The number of hydrogen-bond acceptors (Lipinski definition) is 2. The molecule has 3 nitrogen and oxygen atoms in total. The zero-order valence-electron chi connectivity index (χ0n) is 10.3. The molecule has 0 aromatic heterocycles. The topological polar surface area (TPSA) is 49.7 Å². The first-order valence-electron chi connectivity index (χ1n) is 6.41. The number of hydrogen-bond donors (Lipinski definition) is 1. The third kappa shape index (κ3) is 13.1. The molecule has 1 N–H and O–H groups in total. The van der Waals surface area contributed by atoms with Crippen molar-refractivity contribution in [2.24, 2.45) is 4.99 Å². The maximum atomic E-state index is 10.2. The molecule has 0 aliphatic rings. The molecule has 0 aliphatic heterocycles. The first-order chi connectivity index (χ1) is 7.77. The number of aliphatic imine (C=N–C) groups is 1. The van der Waals surface area contributed by atoms with E-state index in [1.54, 1.807) is 0 Å². The minimum Gasteiger partial charge on any atom is -0.481 e. The highest BCUT2D eigenvalue weighted by Crippen LogP contribution is 2.10. The Morgan fingerprint density at radius 1 is 0.875 bits per heavy atom. The molecular weight excluding hydrogens is 202 g/mol. The molecule has 0 saturated heterocycles. The maximum Gasteiger partial charge on any atom is 0.303 e. The highest BCUT2D eigenvalue weighted by Gasteiger charge is 1.96. The van der Waals surface area contributed by atoms with Gasteiger partial charge in [0.25, 0.3) is 0 Å². The fourth-order valence-corrected chi connectivity index (χ4v) is 1.74. The van der Waals surface area contributed by atoms with Crippen LogP contribution in [0.4, 0.5) is 0 Å². The van der Waals surface area contributed by atoms with E-state index in [1.807, 2.05) is 0 Å². The van der Waals surface area contributed by atoms with E-state index in [0.29, 0.717) is 6.42 Å². The smallest absolute Gasteiger partial charge is 0.303 e. The van der Waals surface area contributed by atoms with Crippen molar-refractivity contribution in [3.05, 3.63) is 0 Å². The molecule has 0 aromatic carbocycles. The molecule has 0 atom stereocenters.